The van der Waals surface area contributed by atoms with Crippen LogP contribution in [0.15, 0.2) is 0 Å². The molecule has 1 saturated heterocycles. The molecule has 0 aromatic rings. The van der Waals surface area contributed by atoms with E-state index < -0.39 is 0 Å². The first-order valence-corrected chi connectivity index (χ1v) is 7.08. The van der Waals surface area contributed by atoms with Crippen molar-refractivity contribution in [1.29, 1.82) is 0 Å². The lowest BCUT2D eigenvalue weighted by molar-refractivity contribution is -0.132. The van der Waals surface area contributed by atoms with E-state index in [4.69, 9.17) is 10.5 Å². The van der Waals surface area contributed by atoms with Gasteiger partial charge in [0, 0.05) is 18.6 Å². The number of hydrogen-bond acceptors (Lipinski definition) is 4. The fourth-order valence-corrected chi connectivity index (χ4v) is 3.20. The van der Waals surface area contributed by atoms with Crippen molar-refractivity contribution in [3.05, 3.63) is 0 Å². The van der Waals surface area contributed by atoms with E-state index in [2.05, 4.69) is 17.1 Å². The Labute approximate surface area is 109 Å². The number of primary amides is 1. The number of amides is 1. The van der Waals surface area contributed by atoms with E-state index in [1.54, 1.807) is 0 Å². The predicted molar refractivity (Wildman–Crippen MR) is 70.2 cm³/mol. The highest BCUT2D eigenvalue weighted by atomic mass is 16.5. The van der Waals surface area contributed by atoms with Crippen LogP contribution in [0.25, 0.3) is 0 Å². The molecule has 104 valence electrons. The summed E-state index contributed by atoms with van der Waals surface area (Å²) in [6.45, 7) is 5.21. The fourth-order valence-electron chi connectivity index (χ4n) is 3.20. The molecule has 2 rings (SSSR count). The van der Waals surface area contributed by atoms with Gasteiger partial charge in [0.25, 0.3) is 0 Å². The number of carbonyl (C=O) groups is 1. The quantitative estimate of drug-likeness (QED) is 0.747. The molecule has 1 aliphatic carbocycles. The summed E-state index contributed by atoms with van der Waals surface area (Å²) in [6, 6.07) is 0.931. The van der Waals surface area contributed by atoms with Crippen molar-refractivity contribution >= 4 is 5.91 Å². The molecule has 2 aliphatic rings. The van der Waals surface area contributed by atoms with E-state index in [0.717, 1.165) is 32.5 Å². The van der Waals surface area contributed by atoms with Gasteiger partial charge >= 0.3 is 0 Å². The molecule has 5 nitrogen and oxygen atoms in total. The number of carbonyl (C=O) groups excluding carboxylic acids is 1. The summed E-state index contributed by atoms with van der Waals surface area (Å²) in [5.74, 6) is -0.247. The van der Waals surface area contributed by atoms with E-state index in [1.165, 1.54) is 12.8 Å². The van der Waals surface area contributed by atoms with Crippen LogP contribution in [0.3, 0.4) is 0 Å². The van der Waals surface area contributed by atoms with E-state index in [1.807, 2.05) is 0 Å². The SMILES string of the molecule is CCNC1CCC(N2CCOCC2C(N)=O)CC1. The van der Waals surface area contributed by atoms with Crippen LogP contribution in [0.4, 0.5) is 0 Å². The molecular weight excluding hydrogens is 230 g/mol. The second-order valence-electron chi connectivity index (χ2n) is 5.29. The number of morpholine rings is 1. The number of nitrogens with one attached hydrogen (secondary N) is 1. The van der Waals surface area contributed by atoms with E-state index in [9.17, 15) is 4.79 Å². The minimum Gasteiger partial charge on any atom is -0.378 e. The molecule has 3 N–H and O–H groups in total. The third kappa shape index (κ3) is 3.22. The average Bonchev–Trinajstić information content (AvgIpc) is 2.40. The maximum absolute atomic E-state index is 11.5. The van der Waals surface area contributed by atoms with E-state index in [-0.39, 0.29) is 11.9 Å². The number of hydrogen-bond donors (Lipinski definition) is 2. The van der Waals surface area contributed by atoms with Gasteiger partial charge in [0.2, 0.25) is 5.91 Å². The van der Waals surface area contributed by atoms with Gasteiger partial charge in [-0.15, -0.1) is 0 Å². The lowest BCUT2D eigenvalue weighted by atomic mass is 9.89. The zero-order chi connectivity index (χ0) is 13.0. The molecule has 0 aromatic heterocycles. The first-order chi connectivity index (χ1) is 8.72. The molecule has 1 atom stereocenters. The highest BCUT2D eigenvalue weighted by molar-refractivity contribution is 5.80. The van der Waals surface area contributed by atoms with Crippen molar-refractivity contribution in [2.75, 3.05) is 26.3 Å². The fraction of sp³-hybridized carbons (Fsp3) is 0.923. The zero-order valence-electron chi connectivity index (χ0n) is 11.2. The Morgan fingerprint density at radius 1 is 1.39 bits per heavy atom. The van der Waals surface area contributed by atoms with Crippen molar-refractivity contribution in [2.24, 2.45) is 5.73 Å². The van der Waals surface area contributed by atoms with Gasteiger partial charge in [-0.2, -0.15) is 0 Å². The summed E-state index contributed by atoms with van der Waals surface area (Å²) in [7, 11) is 0. The first kappa shape index (κ1) is 13.8. The molecule has 1 heterocycles. The van der Waals surface area contributed by atoms with Crippen LogP contribution in [0.1, 0.15) is 32.6 Å². The number of nitrogens with zero attached hydrogens (tertiary/aromatic N) is 1. The average molecular weight is 255 g/mol. The number of ether oxygens (including phenoxy) is 1. The molecule has 0 aromatic carbocycles. The molecule has 0 spiro atoms. The summed E-state index contributed by atoms with van der Waals surface area (Å²) in [6.07, 6.45) is 4.70. The van der Waals surface area contributed by atoms with Crippen LogP contribution < -0.4 is 11.1 Å². The Balaban J connectivity index is 1.88. The van der Waals surface area contributed by atoms with Crippen molar-refractivity contribution in [3.8, 4) is 0 Å². The molecule has 1 saturated carbocycles. The van der Waals surface area contributed by atoms with Gasteiger partial charge in [-0.3, -0.25) is 9.69 Å². The summed E-state index contributed by atoms with van der Waals surface area (Å²) >= 11 is 0. The van der Waals surface area contributed by atoms with Gasteiger partial charge < -0.3 is 15.8 Å². The molecule has 1 amide bonds. The summed E-state index contributed by atoms with van der Waals surface area (Å²) in [5.41, 5.74) is 5.47. The van der Waals surface area contributed by atoms with Crippen LogP contribution in [0.5, 0.6) is 0 Å². The van der Waals surface area contributed by atoms with Gasteiger partial charge in [0.05, 0.1) is 13.2 Å². The second-order valence-corrected chi connectivity index (χ2v) is 5.29. The summed E-state index contributed by atoms with van der Waals surface area (Å²) in [4.78, 5) is 13.7. The van der Waals surface area contributed by atoms with Gasteiger partial charge in [0.15, 0.2) is 0 Å². The van der Waals surface area contributed by atoms with Gasteiger partial charge in [-0.1, -0.05) is 6.92 Å². The Bertz CT molecular complexity index is 277. The molecule has 0 radical (unpaired) electrons. The lowest BCUT2D eigenvalue weighted by Crippen LogP contribution is -2.57. The van der Waals surface area contributed by atoms with Crippen LogP contribution in [0.2, 0.25) is 0 Å². The van der Waals surface area contributed by atoms with Crippen molar-refractivity contribution in [3.63, 3.8) is 0 Å². The van der Waals surface area contributed by atoms with Crippen molar-refractivity contribution in [2.45, 2.75) is 50.7 Å². The number of rotatable bonds is 4. The standard InChI is InChI=1S/C13H25N3O2/c1-2-15-10-3-5-11(6-4-10)16-7-8-18-9-12(16)13(14)17/h10-12,15H,2-9H2,1H3,(H2,14,17). The van der Waals surface area contributed by atoms with E-state index in [0.29, 0.717) is 18.7 Å². The van der Waals surface area contributed by atoms with Crippen LogP contribution in [-0.4, -0.2) is 55.2 Å². The zero-order valence-corrected chi connectivity index (χ0v) is 11.2. The van der Waals surface area contributed by atoms with E-state index >= 15 is 0 Å². The van der Waals surface area contributed by atoms with Gasteiger partial charge in [-0.05, 0) is 32.2 Å². The molecule has 5 heteroatoms. The molecule has 18 heavy (non-hydrogen) atoms. The molecule has 2 fully saturated rings. The van der Waals surface area contributed by atoms with Crippen LogP contribution >= 0.6 is 0 Å². The molecular formula is C13H25N3O2. The Morgan fingerprint density at radius 3 is 2.72 bits per heavy atom. The van der Waals surface area contributed by atoms with Gasteiger partial charge in [-0.25, -0.2) is 0 Å². The first-order valence-electron chi connectivity index (χ1n) is 7.08. The molecule has 1 aliphatic heterocycles. The Hall–Kier alpha value is -0.650. The van der Waals surface area contributed by atoms with Crippen molar-refractivity contribution in [1.82, 2.24) is 10.2 Å². The van der Waals surface area contributed by atoms with Crippen LogP contribution in [-0.2, 0) is 9.53 Å². The Kier molecular flexibility index (Phi) is 4.97. The molecule has 1 unspecified atom stereocenters. The smallest absolute Gasteiger partial charge is 0.237 e. The third-order valence-electron chi connectivity index (χ3n) is 4.16. The summed E-state index contributed by atoms with van der Waals surface area (Å²) in [5, 5.41) is 3.51. The van der Waals surface area contributed by atoms with Crippen molar-refractivity contribution < 1.29 is 9.53 Å². The minimum atomic E-state index is -0.247. The number of nitrogens with two attached hydrogens (primary N) is 1. The molecule has 0 bridgehead atoms. The maximum Gasteiger partial charge on any atom is 0.237 e. The Morgan fingerprint density at radius 2 is 2.11 bits per heavy atom. The second kappa shape index (κ2) is 6.50. The third-order valence-corrected chi connectivity index (χ3v) is 4.16. The van der Waals surface area contributed by atoms with Crippen LogP contribution in [0, 0.1) is 0 Å². The monoisotopic (exact) mass is 255 g/mol. The van der Waals surface area contributed by atoms with Gasteiger partial charge in [0.1, 0.15) is 6.04 Å². The minimum absolute atomic E-state index is 0.223. The normalized spacial score (nSPS) is 34.4. The maximum atomic E-state index is 11.5. The highest BCUT2D eigenvalue weighted by Gasteiger charge is 2.34. The largest absolute Gasteiger partial charge is 0.378 e. The topological polar surface area (TPSA) is 67.6 Å². The summed E-state index contributed by atoms with van der Waals surface area (Å²) < 4.78 is 5.37. The lowest BCUT2D eigenvalue weighted by Gasteiger charge is -2.42. The highest BCUT2D eigenvalue weighted by Crippen LogP contribution is 2.25. The predicted octanol–water partition coefficient (Wildman–Crippen LogP) is 0.0932.